The van der Waals surface area contributed by atoms with Gasteiger partial charge in [0.05, 0.1) is 12.7 Å². The van der Waals surface area contributed by atoms with Crippen molar-refractivity contribution in [2.45, 2.75) is 52.2 Å². The second-order valence-corrected chi connectivity index (χ2v) is 4.23. The molecule has 0 aromatic carbocycles. The summed E-state index contributed by atoms with van der Waals surface area (Å²) in [6.07, 6.45) is 1.62. The van der Waals surface area contributed by atoms with Crippen molar-refractivity contribution >= 4 is 5.97 Å². The molecule has 0 aromatic rings. The van der Waals surface area contributed by atoms with E-state index in [-0.39, 0.29) is 12.1 Å². The van der Waals surface area contributed by atoms with Gasteiger partial charge in [-0.25, -0.2) is 0 Å². The molecule has 0 fully saturated rings. The molecule has 1 N–H and O–H groups in total. The first-order valence-corrected chi connectivity index (χ1v) is 5.95. The molecule has 0 heterocycles. The van der Waals surface area contributed by atoms with E-state index in [0.717, 1.165) is 13.0 Å². The molecule has 0 rings (SSSR count). The van der Waals surface area contributed by atoms with Crippen LogP contribution < -0.4 is 5.32 Å². The first-order valence-electron chi connectivity index (χ1n) is 5.95. The minimum Gasteiger partial charge on any atom is -0.465 e. The van der Waals surface area contributed by atoms with Gasteiger partial charge in [0, 0.05) is 13.5 Å². The molecule has 0 amide bonds. The fourth-order valence-electron chi connectivity index (χ4n) is 1.58. The van der Waals surface area contributed by atoms with Crippen molar-refractivity contribution in [3.8, 4) is 0 Å². The highest BCUT2D eigenvalue weighted by Gasteiger charge is 2.35. The van der Waals surface area contributed by atoms with Crippen LogP contribution in [0.5, 0.6) is 0 Å². The Kier molecular flexibility index (Phi) is 7.34. The Morgan fingerprint density at radius 1 is 1.44 bits per heavy atom. The zero-order valence-electron chi connectivity index (χ0n) is 11.1. The highest BCUT2D eigenvalue weighted by Crippen LogP contribution is 2.16. The SMILES string of the molecule is CCCNC(C)(CC(C)OC)C(=O)OCC. The predicted molar refractivity (Wildman–Crippen MR) is 64.4 cm³/mol. The maximum absolute atomic E-state index is 11.9. The number of nitrogens with one attached hydrogen (secondary N) is 1. The topological polar surface area (TPSA) is 47.6 Å². The summed E-state index contributed by atoms with van der Waals surface area (Å²) in [4.78, 5) is 11.9. The monoisotopic (exact) mass is 231 g/mol. The average molecular weight is 231 g/mol. The lowest BCUT2D eigenvalue weighted by molar-refractivity contribution is -0.152. The first-order chi connectivity index (χ1) is 7.50. The highest BCUT2D eigenvalue weighted by molar-refractivity contribution is 5.80. The number of methoxy groups -OCH3 is 1. The molecule has 0 spiro atoms. The highest BCUT2D eigenvalue weighted by atomic mass is 16.5. The summed E-state index contributed by atoms with van der Waals surface area (Å²) < 4.78 is 10.3. The Balaban J connectivity index is 4.52. The fraction of sp³-hybridized carbons (Fsp3) is 0.917. The molecule has 0 aliphatic rings. The molecule has 16 heavy (non-hydrogen) atoms. The van der Waals surface area contributed by atoms with E-state index >= 15 is 0 Å². The van der Waals surface area contributed by atoms with Crippen LogP contribution in [0.1, 0.15) is 40.5 Å². The van der Waals surface area contributed by atoms with Gasteiger partial charge in [-0.15, -0.1) is 0 Å². The molecule has 4 nitrogen and oxygen atoms in total. The maximum Gasteiger partial charge on any atom is 0.326 e. The van der Waals surface area contributed by atoms with Crippen LogP contribution in [0.25, 0.3) is 0 Å². The van der Waals surface area contributed by atoms with Crippen LogP contribution in [0.15, 0.2) is 0 Å². The number of hydrogen-bond donors (Lipinski definition) is 1. The Labute approximate surface area is 98.7 Å². The van der Waals surface area contributed by atoms with Gasteiger partial charge in [-0.05, 0) is 33.7 Å². The van der Waals surface area contributed by atoms with Crippen molar-refractivity contribution in [3.63, 3.8) is 0 Å². The van der Waals surface area contributed by atoms with E-state index < -0.39 is 5.54 Å². The summed E-state index contributed by atoms with van der Waals surface area (Å²) in [5, 5.41) is 3.24. The lowest BCUT2D eigenvalue weighted by atomic mass is 9.94. The van der Waals surface area contributed by atoms with Gasteiger partial charge in [-0.3, -0.25) is 4.79 Å². The van der Waals surface area contributed by atoms with Gasteiger partial charge in [-0.1, -0.05) is 6.92 Å². The molecular formula is C12H25NO3. The molecule has 0 aliphatic carbocycles. The van der Waals surface area contributed by atoms with Gasteiger partial charge < -0.3 is 14.8 Å². The van der Waals surface area contributed by atoms with E-state index in [0.29, 0.717) is 13.0 Å². The van der Waals surface area contributed by atoms with E-state index in [4.69, 9.17) is 9.47 Å². The Morgan fingerprint density at radius 2 is 2.06 bits per heavy atom. The van der Waals surface area contributed by atoms with Gasteiger partial charge in [0.15, 0.2) is 0 Å². The van der Waals surface area contributed by atoms with Crippen molar-refractivity contribution in [3.05, 3.63) is 0 Å². The zero-order chi connectivity index (χ0) is 12.6. The van der Waals surface area contributed by atoms with Gasteiger partial charge in [-0.2, -0.15) is 0 Å². The number of carbonyl (C=O) groups excluding carboxylic acids is 1. The summed E-state index contributed by atoms with van der Waals surface area (Å²) in [7, 11) is 1.65. The number of hydrogen-bond acceptors (Lipinski definition) is 4. The maximum atomic E-state index is 11.9. The molecular weight excluding hydrogens is 206 g/mol. The van der Waals surface area contributed by atoms with Gasteiger partial charge >= 0.3 is 5.97 Å². The lowest BCUT2D eigenvalue weighted by Gasteiger charge is -2.30. The molecule has 0 aliphatic heterocycles. The molecule has 96 valence electrons. The summed E-state index contributed by atoms with van der Waals surface area (Å²) in [6.45, 7) is 8.91. The molecule has 4 heteroatoms. The minimum atomic E-state index is -0.651. The van der Waals surface area contributed by atoms with Gasteiger partial charge in [0.2, 0.25) is 0 Å². The van der Waals surface area contributed by atoms with Crippen molar-refractivity contribution in [1.29, 1.82) is 0 Å². The van der Waals surface area contributed by atoms with Crippen LogP contribution in [-0.2, 0) is 14.3 Å². The van der Waals surface area contributed by atoms with E-state index in [2.05, 4.69) is 12.2 Å². The van der Waals surface area contributed by atoms with E-state index in [1.165, 1.54) is 0 Å². The standard InChI is InChI=1S/C12H25NO3/c1-6-8-13-12(4,9-10(3)15-5)11(14)16-7-2/h10,13H,6-9H2,1-5H3. The van der Waals surface area contributed by atoms with Crippen LogP contribution in [0, 0.1) is 0 Å². The first kappa shape index (κ1) is 15.4. The Bertz CT molecular complexity index is 208. The van der Waals surface area contributed by atoms with Crippen molar-refractivity contribution in [2.75, 3.05) is 20.3 Å². The number of esters is 1. The third-order valence-corrected chi connectivity index (χ3v) is 2.59. The third-order valence-electron chi connectivity index (χ3n) is 2.59. The molecule has 0 radical (unpaired) electrons. The van der Waals surface area contributed by atoms with E-state index in [1.807, 2.05) is 20.8 Å². The summed E-state index contributed by atoms with van der Waals surface area (Å²) in [5.74, 6) is -0.202. The van der Waals surface area contributed by atoms with E-state index in [1.54, 1.807) is 7.11 Å². The molecule has 2 unspecified atom stereocenters. The number of carbonyl (C=O) groups is 1. The van der Waals surface area contributed by atoms with Crippen molar-refractivity contribution in [2.24, 2.45) is 0 Å². The Hall–Kier alpha value is -0.610. The minimum absolute atomic E-state index is 0.0266. The van der Waals surface area contributed by atoms with E-state index in [9.17, 15) is 4.79 Å². The number of ether oxygens (including phenoxy) is 2. The Morgan fingerprint density at radius 3 is 2.50 bits per heavy atom. The van der Waals surface area contributed by atoms with Crippen LogP contribution in [0.3, 0.4) is 0 Å². The summed E-state index contributed by atoms with van der Waals surface area (Å²) in [5.41, 5.74) is -0.651. The van der Waals surface area contributed by atoms with Gasteiger partial charge in [0.25, 0.3) is 0 Å². The van der Waals surface area contributed by atoms with Crippen LogP contribution in [0.4, 0.5) is 0 Å². The molecule has 0 saturated heterocycles. The summed E-state index contributed by atoms with van der Waals surface area (Å²) in [6, 6.07) is 0. The predicted octanol–water partition coefficient (Wildman–Crippen LogP) is 1.73. The molecule has 0 saturated carbocycles. The lowest BCUT2D eigenvalue weighted by Crippen LogP contribution is -2.52. The normalized spacial score (nSPS) is 16.6. The summed E-state index contributed by atoms with van der Waals surface area (Å²) >= 11 is 0. The average Bonchev–Trinajstić information content (AvgIpc) is 2.26. The zero-order valence-corrected chi connectivity index (χ0v) is 11.1. The van der Waals surface area contributed by atoms with Crippen LogP contribution in [-0.4, -0.2) is 37.9 Å². The van der Waals surface area contributed by atoms with Gasteiger partial charge in [0.1, 0.15) is 5.54 Å². The molecule has 2 atom stereocenters. The largest absolute Gasteiger partial charge is 0.465 e. The molecule has 0 bridgehead atoms. The van der Waals surface area contributed by atoms with Crippen LogP contribution in [0.2, 0.25) is 0 Å². The second kappa shape index (κ2) is 7.63. The smallest absolute Gasteiger partial charge is 0.326 e. The van der Waals surface area contributed by atoms with Crippen LogP contribution >= 0.6 is 0 Å². The van der Waals surface area contributed by atoms with Crippen molar-refractivity contribution in [1.82, 2.24) is 5.32 Å². The fourth-order valence-corrected chi connectivity index (χ4v) is 1.58. The number of rotatable bonds is 8. The quantitative estimate of drug-likeness (QED) is 0.646. The third kappa shape index (κ3) is 4.94. The second-order valence-electron chi connectivity index (χ2n) is 4.23. The van der Waals surface area contributed by atoms with Crippen molar-refractivity contribution < 1.29 is 14.3 Å². The molecule has 0 aromatic heterocycles.